The fourth-order valence-corrected chi connectivity index (χ4v) is 2.71. The molecule has 0 atom stereocenters. The molecule has 4 heteroatoms. The molecule has 2 aromatic heterocycles. The van der Waals surface area contributed by atoms with Crippen LogP contribution in [-0.4, -0.2) is 14.3 Å². The summed E-state index contributed by atoms with van der Waals surface area (Å²) in [7, 11) is 0. The minimum atomic E-state index is 0.859. The smallest absolute Gasteiger partial charge is 0.237 e. The van der Waals surface area contributed by atoms with E-state index < -0.39 is 0 Å². The number of para-hydroxylation sites is 2. The van der Waals surface area contributed by atoms with E-state index in [9.17, 15) is 0 Å². The molecule has 2 aromatic carbocycles. The molecule has 0 fully saturated rings. The number of benzene rings is 2. The quantitative estimate of drug-likeness (QED) is 0.532. The number of rotatable bonds is 4. The van der Waals surface area contributed by atoms with Crippen molar-refractivity contribution in [2.24, 2.45) is 0 Å². The third-order valence-electron chi connectivity index (χ3n) is 3.81. The summed E-state index contributed by atoms with van der Waals surface area (Å²) >= 11 is 0. The molecule has 0 saturated carbocycles. The second-order valence-electron chi connectivity index (χ2n) is 5.42. The molecule has 0 aliphatic heterocycles. The molecule has 0 saturated heterocycles. The predicted molar refractivity (Wildman–Crippen MR) is 88.6 cm³/mol. The summed E-state index contributed by atoms with van der Waals surface area (Å²) in [6, 6.07) is 20.6. The van der Waals surface area contributed by atoms with Gasteiger partial charge in [0.25, 0.3) is 0 Å². The van der Waals surface area contributed by atoms with E-state index in [-0.39, 0.29) is 0 Å². The van der Waals surface area contributed by atoms with Crippen molar-refractivity contribution < 1.29 is 4.57 Å². The number of aromatic nitrogens is 4. The topological polar surface area (TPSA) is 26.6 Å². The molecule has 0 bridgehead atoms. The summed E-state index contributed by atoms with van der Waals surface area (Å²) in [5.41, 5.74) is 3.44. The largest absolute Gasteiger partial charge is 0.249 e. The van der Waals surface area contributed by atoms with Gasteiger partial charge in [0.1, 0.15) is 24.6 Å². The van der Waals surface area contributed by atoms with Crippen LogP contribution in [0.15, 0.2) is 91.8 Å². The third-order valence-corrected chi connectivity index (χ3v) is 3.81. The first-order valence-electron chi connectivity index (χ1n) is 7.60. The van der Waals surface area contributed by atoms with Gasteiger partial charge in [-0.15, -0.1) is 0 Å². The van der Waals surface area contributed by atoms with Crippen molar-refractivity contribution in [1.29, 1.82) is 0 Å². The average molecular weight is 301 g/mol. The van der Waals surface area contributed by atoms with E-state index in [4.69, 9.17) is 0 Å². The Kier molecular flexibility index (Phi) is 3.48. The summed E-state index contributed by atoms with van der Waals surface area (Å²) < 4.78 is 6.19. The highest BCUT2D eigenvalue weighted by Gasteiger charge is 2.12. The van der Waals surface area contributed by atoms with Crippen LogP contribution in [0, 0.1) is 0 Å². The molecule has 2 heterocycles. The highest BCUT2D eigenvalue weighted by Crippen LogP contribution is 2.17. The highest BCUT2D eigenvalue weighted by atomic mass is 15.3. The molecule has 0 spiro atoms. The number of hydrogen-bond acceptors (Lipinski definition) is 1. The second-order valence-corrected chi connectivity index (χ2v) is 5.42. The Morgan fingerprint density at radius 1 is 0.826 bits per heavy atom. The minimum absolute atomic E-state index is 0.859. The maximum Gasteiger partial charge on any atom is 0.249 e. The molecule has 0 N–H and O–H groups in total. The zero-order chi connectivity index (χ0) is 15.5. The van der Waals surface area contributed by atoms with E-state index in [0.717, 1.165) is 17.9 Å². The Balaban J connectivity index is 1.68. The lowest BCUT2D eigenvalue weighted by molar-refractivity contribution is -0.687. The molecular weight excluding hydrogens is 284 g/mol. The highest BCUT2D eigenvalue weighted by molar-refractivity contribution is 5.51. The number of nitrogens with zero attached hydrogens (tertiary/aromatic N) is 4. The lowest BCUT2D eigenvalue weighted by Crippen LogP contribution is -2.31. The van der Waals surface area contributed by atoms with E-state index in [2.05, 4.69) is 69.4 Å². The molecule has 0 unspecified atom stereocenters. The monoisotopic (exact) mass is 301 g/mol. The van der Waals surface area contributed by atoms with E-state index in [1.54, 1.807) is 6.20 Å². The molecule has 0 aliphatic rings. The minimum Gasteiger partial charge on any atom is -0.237 e. The van der Waals surface area contributed by atoms with Gasteiger partial charge in [0.15, 0.2) is 5.69 Å². The van der Waals surface area contributed by atoms with Crippen LogP contribution in [0.5, 0.6) is 0 Å². The van der Waals surface area contributed by atoms with Gasteiger partial charge in [-0.1, -0.05) is 42.5 Å². The van der Waals surface area contributed by atoms with Crippen molar-refractivity contribution in [2.45, 2.75) is 6.54 Å². The van der Waals surface area contributed by atoms with Gasteiger partial charge in [-0.3, -0.25) is 0 Å². The first kappa shape index (κ1) is 13.5. The van der Waals surface area contributed by atoms with Gasteiger partial charge in [0.2, 0.25) is 6.33 Å². The zero-order valence-electron chi connectivity index (χ0n) is 12.7. The molecule has 4 rings (SSSR count). The fourth-order valence-electron chi connectivity index (χ4n) is 2.71. The lowest BCUT2D eigenvalue weighted by atomic mass is 10.2. The standard InChI is InChI=1S/C19H17N4/c1-2-7-17(8-3-1)15-21-13-14-22(16-21)18-9-4-5-10-19(18)23-12-6-11-20-23/h1-14,16H,15H2/q+1. The van der Waals surface area contributed by atoms with Crippen molar-refractivity contribution in [3.63, 3.8) is 0 Å². The SMILES string of the molecule is c1ccc(C[n+]2ccn(-c3ccccc3-n3cccn3)c2)cc1. The van der Waals surface area contributed by atoms with Crippen molar-refractivity contribution in [3.8, 4) is 11.4 Å². The maximum absolute atomic E-state index is 4.34. The molecule has 4 nitrogen and oxygen atoms in total. The number of hydrogen-bond donors (Lipinski definition) is 0. The zero-order valence-corrected chi connectivity index (χ0v) is 12.7. The fraction of sp³-hybridized carbons (Fsp3) is 0.0526. The van der Waals surface area contributed by atoms with Crippen molar-refractivity contribution in [3.05, 3.63) is 97.3 Å². The van der Waals surface area contributed by atoms with E-state index in [0.29, 0.717) is 0 Å². The van der Waals surface area contributed by atoms with Gasteiger partial charge < -0.3 is 0 Å². The van der Waals surface area contributed by atoms with Crippen LogP contribution in [-0.2, 0) is 6.54 Å². The molecule has 112 valence electrons. The Labute approximate surface area is 134 Å². The van der Waals surface area contributed by atoms with Gasteiger partial charge in [-0.25, -0.2) is 13.8 Å². The van der Waals surface area contributed by atoms with E-state index in [1.807, 2.05) is 35.1 Å². The second kappa shape index (κ2) is 5.93. The average Bonchev–Trinajstić information content (AvgIpc) is 3.28. The summed E-state index contributed by atoms with van der Waals surface area (Å²) in [5, 5.41) is 4.34. The first-order valence-corrected chi connectivity index (χ1v) is 7.60. The van der Waals surface area contributed by atoms with E-state index in [1.165, 1.54) is 5.56 Å². The molecule has 0 amide bonds. The summed E-state index contributed by atoms with van der Waals surface area (Å²) in [4.78, 5) is 0. The van der Waals surface area contributed by atoms with Crippen LogP contribution in [0.2, 0.25) is 0 Å². The normalized spacial score (nSPS) is 10.8. The van der Waals surface area contributed by atoms with Crippen LogP contribution in [0.25, 0.3) is 11.4 Å². The van der Waals surface area contributed by atoms with Gasteiger partial charge in [-0.05, 0) is 23.8 Å². The Bertz CT molecular complexity index is 892. The van der Waals surface area contributed by atoms with Crippen molar-refractivity contribution in [2.75, 3.05) is 0 Å². The predicted octanol–water partition coefficient (Wildman–Crippen LogP) is 3.00. The molecule has 4 aromatic rings. The van der Waals surface area contributed by atoms with Crippen LogP contribution >= 0.6 is 0 Å². The maximum atomic E-state index is 4.34. The van der Waals surface area contributed by atoms with Gasteiger partial charge >= 0.3 is 0 Å². The molecule has 23 heavy (non-hydrogen) atoms. The van der Waals surface area contributed by atoms with E-state index >= 15 is 0 Å². The van der Waals surface area contributed by atoms with Crippen LogP contribution in [0.1, 0.15) is 5.56 Å². The molecule has 0 aliphatic carbocycles. The van der Waals surface area contributed by atoms with Crippen LogP contribution < -0.4 is 4.57 Å². The first-order chi connectivity index (χ1) is 11.4. The van der Waals surface area contributed by atoms with Crippen molar-refractivity contribution >= 4 is 0 Å². The summed E-state index contributed by atoms with van der Waals surface area (Å²) in [5.74, 6) is 0. The Morgan fingerprint density at radius 3 is 2.39 bits per heavy atom. The summed E-state index contributed by atoms with van der Waals surface area (Å²) in [6.07, 6.45) is 10.0. The van der Waals surface area contributed by atoms with Crippen LogP contribution in [0.3, 0.4) is 0 Å². The molecular formula is C19H17N4+. The van der Waals surface area contributed by atoms with Crippen LogP contribution in [0.4, 0.5) is 0 Å². The Hall–Kier alpha value is -3.14. The van der Waals surface area contributed by atoms with Gasteiger partial charge in [-0.2, -0.15) is 5.10 Å². The molecule has 0 radical (unpaired) electrons. The third kappa shape index (κ3) is 2.79. The summed E-state index contributed by atoms with van der Waals surface area (Å²) in [6.45, 7) is 0.859. The van der Waals surface area contributed by atoms with Gasteiger partial charge in [0, 0.05) is 12.4 Å². The van der Waals surface area contributed by atoms with Crippen molar-refractivity contribution in [1.82, 2.24) is 14.3 Å². The number of imidazole rings is 1. The Morgan fingerprint density at radius 2 is 1.61 bits per heavy atom. The van der Waals surface area contributed by atoms with Gasteiger partial charge in [0.05, 0.1) is 0 Å². The lowest BCUT2D eigenvalue weighted by Gasteiger charge is -2.05.